The van der Waals surface area contributed by atoms with Crippen LogP contribution in [-0.2, 0) is 23.9 Å². The number of phenolic OH excluding ortho intramolecular Hbond substituents is 1. The van der Waals surface area contributed by atoms with Crippen LogP contribution in [0.25, 0.3) is 5.69 Å². The number of ether oxygens (including phenoxy) is 1. The number of carbonyl (C=O) groups is 1. The van der Waals surface area contributed by atoms with Gasteiger partial charge >= 0.3 is 6.18 Å². The number of amides is 1. The first-order valence-electron chi connectivity index (χ1n) is 15.1. The lowest BCUT2D eigenvalue weighted by atomic mass is 10.0. The number of rotatable bonds is 13. The molecule has 1 fully saturated rings. The number of carbonyl (C=O) groups excluding carboxylic acids is 1. The Morgan fingerprint density at radius 2 is 1.80 bits per heavy atom. The van der Waals surface area contributed by atoms with Crippen LogP contribution < -0.4 is 15.6 Å². The number of halogens is 3. The van der Waals surface area contributed by atoms with E-state index in [1.807, 2.05) is 0 Å². The summed E-state index contributed by atoms with van der Waals surface area (Å²) in [5.74, 6) is 0.520. The van der Waals surface area contributed by atoms with E-state index >= 15 is 0 Å². The summed E-state index contributed by atoms with van der Waals surface area (Å²) in [6.45, 7) is 2.43. The quantitative estimate of drug-likeness (QED) is 0.184. The molecule has 0 atom stereocenters. The predicted molar refractivity (Wildman–Crippen MR) is 162 cm³/mol. The maximum atomic E-state index is 13.8. The van der Waals surface area contributed by atoms with Crippen molar-refractivity contribution in [3.8, 4) is 17.2 Å². The van der Waals surface area contributed by atoms with E-state index in [0.717, 1.165) is 56.5 Å². The Kier molecular flexibility index (Phi) is 10.5. The summed E-state index contributed by atoms with van der Waals surface area (Å²) in [6.07, 6.45) is 2.41. The van der Waals surface area contributed by atoms with Gasteiger partial charge in [-0.15, -0.1) is 0 Å². The Hall–Kier alpha value is -3.51. The Labute approximate surface area is 258 Å². The SMILES string of the molecule is O=C(CCNCCCCCOc1ccc(C(F)(F)F)cc1)N1CCc2nc(SC3CCC3)n(-c3ccc(O)cc3)c(=O)c2C1. The van der Waals surface area contributed by atoms with Crippen LogP contribution in [0, 0.1) is 0 Å². The van der Waals surface area contributed by atoms with Crippen LogP contribution in [-0.4, -0.2) is 57.0 Å². The monoisotopic (exact) mass is 630 g/mol. The van der Waals surface area contributed by atoms with E-state index < -0.39 is 11.7 Å². The number of benzene rings is 2. The molecule has 8 nitrogen and oxygen atoms in total. The summed E-state index contributed by atoms with van der Waals surface area (Å²) in [6, 6.07) is 11.2. The second-order valence-electron chi connectivity index (χ2n) is 11.1. The molecule has 0 spiro atoms. The van der Waals surface area contributed by atoms with Crippen molar-refractivity contribution in [3.05, 3.63) is 75.7 Å². The number of phenols is 1. The number of fused-ring (bicyclic) bond motifs is 1. The molecule has 0 radical (unpaired) electrons. The summed E-state index contributed by atoms with van der Waals surface area (Å²) in [5.41, 5.74) is 1.08. The van der Waals surface area contributed by atoms with Crippen molar-refractivity contribution < 1.29 is 27.8 Å². The first-order chi connectivity index (χ1) is 21.2. The summed E-state index contributed by atoms with van der Waals surface area (Å²) in [5, 5.41) is 14.2. The third-order valence-electron chi connectivity index (χ3n) is 7.95. The molecule has 236 valence electrons. The molecule has 1 aliphatic heterocycles. The van der Waals surface area contributed by atoms with Gasteiger partial charge in [-0.25, -0.2) is 4.98 Å². The number of thioether (sulfide) groups is 1. The third-order valence-corrected chi connectivity index (χ3v) is 9.24. The van der Waals surface area contributed by atoms with Crippen molar-refractivity contribution in [2.24, 2.45) is 0 Å². The number of unbranched alkanes of at least 4 members (excludes halogenated alkanes) is 2. The van der Waals surface area contributed by atoms with Crippen molar-refractivity contribution in [3.63, 3.8) is 0 Å². The van der Waals surface area contributed by atoms with Crippen LogP contribution in [0.3, 0.4) is 0 Å². The number of aromatic nitrogens is 2. The van der Waals surface area contributed by atoms with Crippen molar-refractivity contribution in [1.82, 2.24) is 19.8 Å². The molecule has 0 saturated heterocycles. The van der Waals surface area contributed by atoms with E-state index in [2.05, 4.69) is 5.32 Å². The van der Waals surface area contributed by atoms with E-state index in [0.29, 0.717) is 59.9 Å². The molecule has 12 heteroatoms. The average Bonchev–Trinajstić information content (AvgIpc) is 2.98. The number of nitrogens with zero attached hydrogens (tertiary/aromatic N) is 3. The van der Waals surface area contributed by atoms with Crippen molar-refractivity contribution in [2.75, 3.05) is 26.2 Å². The maximum absolute atomic E-state index is 13.8. The molecule has 1 saturated carbocycles. The molecule has 1 aromatic heterocycles. The van der Waals surface area contributed by atoms with Crippen LogP contribution in [0.2, 0.25) is 0 Å². The van der Waals surface area contributed by atoms with E-state index in [1.165, 1.54) is 18.6 Å². The van der Waals surface area contributed by atoms with Gasteiger partial charge in [-0.05, 0) is 87.2 Å². The lowest BCUT2D eigenvalue weighted by Crippen LogP contribution is -2.42. The van der Waals surface area contributed by atoms with E-state index in [-0.39, 0.29) is 23.8 Å². The number of alkyl halides is 3. The Bertz CT molecular complexity index is 1480. The number of hydrogen-bond donors (Lipinski definition) is 2. The first kappa shape index (κ1) is 31.9. The van der Waals surface area contributed by atoms with Gasteiger partial charge in [0.15, 0.2) is 5.16 Å². The summed E-state index contributed by atoms with van der Waals surface area (Å²) in [4.78, 5) is 33.4. The minimum atomic E-state index is -4.36. The molecule has 1 aliphatic carbocycles. The molecule has 2 heterocycles. The molecule has 2 aromatic carbocycles. The van der Waals surface area contributed by atoms with Crippen molar-refractivity contribution >= 4 is 17.7 Å². The zero-order valence-electron chi connectivity index (χ0n) is 24.4. The summed E-state index contributed by atoms with van der Waals surface area (Å²) in [7, 11) is 0. The van der Waals surface area contributed by atoms with Crippen LogP contribution in [0.1, 0.15) is 61.8 Å². The standard InChI is InChI=1S/C32H37F3N4O4S/c33-32(34,35)22-7-13-25(14-8-22)43-20-3-1-2-17-36-18-15-29(41)38-19-16-28-27(21-38)30(42)39(23-9-11-24(40)12-10-23)31(37-28)44-26-5-4-6-26/h7-14,26,36,40H,1-6,15-21H2. The highest BCUT2D eigenvalue weighted by Crippen LogP contribution is 2.36. The van der Waals surface area contributed by atoms with E-state index in [9.17, 15) is 27.9 Å². The highest BCUT2D eigenvalue weighted by Gasteiger charge is 2.30. The van der Waals surface area contributed by atoms with Gasteiger partial charge in [0.25, 0.3) is 5.56 Å². The van der Waals surface area contributed by atoms with Gasteiger partial charge in [0, 0.05) is 31.2 Å². The smallest absolute Gasteiger partial charge is 0.416 e. The van der Waals surface area contributed by atoms with Crippen LogP contribution in [0.4, 0.5) is 13.2 Å². The molecule has 0 bridgehead atoms. The van der Waals surface area contributed by atoms with Crippen LogP contribution >= 0.6 is 11.8 Å². The van der Waals surface area contributed by atoms with Gasteiger partial charge in [0.1, 0.15) is 11.5 Å². The number of nitrogens with one attached hydrogen (secondary N) is 1. The van der Waals surface area contributed by atoms with Crippen molar-refractivity contribution in [1.29, 1.82) is 0 Å². The fraction of sp³-hybridized carbons (Fsp3) is 0.469. The van der Waals surface area contributed by atoms with Gasteiger partial charge in [0.05, 0.1) is 35.7 Å². The van der Waals surface area contributed by atoms with Crippen molar-refractivity contribution in [2.45, 2.75) is 74.5 Å². The molecule has 0 unspecified atom stereocenters. The molecular formula is C32H37F3N4O4S. The molecule has 2 N–H and O–H groups in total. The molecule has 1 amide bonds. The molecule has 44 heavy (non-hydrogen) atoms. The zero-order chi connectivity index (χ0) is 31.1. The zero-order valence-corrected chi connectivity index (χ0v) is 25.3. The van der Waals surface area contributed by atoms with Crippen LogP contribution in [0.5, 0.6) is 11.5 Å². The third kappa shape index (κ3) is 8.15. The number of aromatic hydroxyl groups is 1. The lowest BCUT2D eigenvalue weighted by Gasteiger charge is -2.30. The fourth-order valence-electron chi connectivity index (χ4n) is 5.15. The second-order valence-corrected chi connectivity index (χ2v) is 12.4. The van der Waals surface area contributed by atoms with Gasteiger partial charge in [-0.1, -0.05) is 18.2 Å². The predicted octanol–water partition coefficient (Wildman–Crippen LogP) is 5.72. The molecular weight excluding hydrogens is 593 g/mol. The summed E-state index contributed by atoms with van der Waals surface area (Å²) < 4.78 is 45.1. The van der Waals surface area contributed by atoms with Gasteiger partial charge in [-0.2, -0.15) is 13.2 Å². The molecule has 5 rings (SSSR count). The van der Waals surface area contributed by atoms with Gasteiger partial charge in [0.2, 0.25) is 5.91 Å². The minimum absolute atomic E-state index is 0.0170. The highest BCUT2D eigenvalue weighted by molar-refractivity contribution is 7.99. The largest absolute Gasteiger partial charge is 0.508 e. The molecule has 2 aliphatic rings. The topological polar surface area (TPSA) is 96.7 Å². The fourth-order valence-corrected chi connectivity index (χ4v) is 6.47. The maximum Gasteiger partial charge on any atom is 0.416 e. The minimum Gasteiger partial charge on any atom is -0.508 e. The summed E-state index contributed by atoms with van der Waals surface area (Å²) >= 11 is 1.63. The highest BCUT2D eigenvalue weighted by atomic mass is 32.2. The van der Waals surface area contributed by atoms with Crippen LogP contribution in [0.15, 0.2) is 58.5 Å². The van der Waals surface area contributed by atoms with E-state index in [1.54, 1.807) is 45.5 Å². The Morgan fingerprint density at radius 1 is 1.05 bits per heavy atom. The van der Waals surface area contributed by atoms with Gasteiger partial charge in [-0.3, -0.25) is 14.2 Å². The normalized spacial score (nSPS) is 15.1. The Balaban J connectivity index is 1.06. The molecule has 3 aromatic rings. The second kappa shape index (κ2) is 14.5. The van der Waals surface area contributed by atoms with E-state index in [4.69, 9.17) is 9.72 Å². The Morgan fingerprint density at radius 3 is 2.48 bits per heavy atom. The van der Waals surface area contributed by atoms with Gasteiger partial charge < -0.3 is 20.1 Å². The lowest BCUT2D eigenvalue weighted by molar-refractivity contribution is -0.137. The number of hydrogen-bond acceptors (Lipinski definition) is 7. The first-order valence-corrected chi connectivity index (χ1v) is 16.0. The average molecular weight is 631 g/mol.